The molecule has 0 atom stereocenters. The van der Waals surface area contributed by atoms with Crippen LogP contribution in [0.5, 0.6) is 0 Å². The minimum Gasteiger partial charge on any atom is -0.383 e. The Balaban J connectivity index is 1.42. The predicted octanol–water partition coefficient (Wildman–Crippen LogP) is 2.40. The Bertz CT molecular complexity index is 1060. The van der Waals surface area contributed by atoms with Gasteiger partial charge in [-0.3, -0.25) is 15.2 Å². The van der Waals surface area contributed by atoms with Crippen LogP contribution in [0.3, 0.4) is 0 Å². The molecular formula is C23H25N7O. The topological polar surface area (TPSA) is 132 Å². The lowest BCUT2D eigenvalue weighted by Crippen LogP contribution is -2.46. The maximum atomic E-state index is 11.6. The molecule has 1 saturated carbocycles. The molecule has 0 radical (unpaired) electrons. The van der Waals surface area contributed by atoms with E-state index in [4.69, 9.17) is 11.6 Å². The maximum Gasteiger partial charge on any atom is 0.237 e. The number of pyridine rings is 1. The second-order valence-corrected chi connectivity index (χ2v) is 7.61. The molecule has 158 valence electrons. The molecule has 1 aliphatic carbocycles. The van der Waals surface area contributed by atoms with Gasteiger partial charge in [0.1, 0.15) is 18.0 Å². The summed E-state index contributed by atoms with van der Waals surface area (Å²) in [5.41, 5.74) is 12.3. The van der Waals surface area contributed by atoms with E-state index in [0.29, 0.717) is 30.9 Å². The van der Waals surface area contributed by atoms with Crippen LogP contribution in [0.4, 0.5) is 11.6 Å². The smallest absolute Gasteiger partial charge is 0.237 e. The van der Waals surface area contributed by atoms with Crippen LogP contribution in [-0.4, -0.2) is 26.9 Å². The third-order valence-corrected chi connectivity index (χ3v) is 5.47. The number of aromatic nitrogens is 3. The van der Waals surface area contributed by atoms with Crippen molar-refractivity contribution >= 4 is 29.7 Å². The third kappa shape index (κ3) is 5.04. The van der Waals surface area contributed by atoms with Crippen LogP contribution >= 0.6 is 0 Å². The van der Waals surface area contributed by atoms with Gasteiger partial charge in [-0.25, -0.2) is 15.8 Å². The average molecular weight is 416 g/mol. The van der Waals surface area contributed by atoms with E-state index in [2.05, 4.69) is 50.0 Å². The maximum absolute atomic E-state index is 11.6. The van der Waals surface area contributed by atoms with Gasteiger partial charge >= 0.3 is 0 Å². The molecule has 8 heteroatoms. The first-order valence-electron chi connectivity index (χ1n) is 10.2. The van der Waals surface area contributed by atoms with Crippen LogP contribution in [0.15, 0.2) is 55.0 Å². The summed E-state index contributed by atoms with van der Waals surface area (Å²) in [5, 5.41) is 3.40. The van der Waals surface area contributed by atoms with Crippen LogP contribution in [0.1, 0.15) is 35.2 Å². The van der Waals surface area contributed by atoms with Gasteiger partial charge in [0.15, 0.2) is 0 Å². The van der Waals surface area contributed by atoms with E-state index in [0.717, 1.165) is 22.4 Å². The van der Waals surface area contributed by atoms with Gasteiger partial charge in [-0.2, -0.15) is 0 Å². The Labute approximate surface area is 180 Å². The van der Waals surface area contributed by atoms with Crippen LogP contribution in [0.2, 0.25) is 0 Å². The Kier molecular flexibility index (Phi) is 6.18. The van der Waals surface area contributed by atoms with Crippen molar-refractivity contribution in [3.63, 3.8) is 0 Å². The molecule has 6 N–H and O–H groups in total. The zero-order valence-corrected chi connectivity index (χ0v) is 17.0. The van der Waals surface area contributed by atoms with Crippen molar-refractivity contribution in [1.82, 2.24) is 20.4 Å². The minimum atomic E-state index is -0.127. The minimum absolute atomic E-state index is 0.0585. The number of anilines is 2. The number of amides is 1. The van der Waals surface area contributed by atoms with Gasteiger partial charge < -0.3 is 11.1 Å². The fourth-order valence-electron chi connectivity index (χ4n) is 3.59. The van der Waals surface area contributed by atoms with Gasteiger partial charge in [-0.05, 0) is 42.2 Å². The Morgan fingerprint density at radius 1 is 1.06 bits per heavy atom. The van der Waals surface area contributed by atoms with Crippen LogP contribution < -0.4 is 22.3 Å². The highest BCUT2D eigenvalue weighted by Gasteiger charge is 2.34. The standard InChI is InChI=1S/C23H25N7O/c24-21-20(22(28-14-27-21)29-19-12-17(13-19)23(31)30-25)11-16-6-4-15(5-7-16)8-9-18-3-1-2-10-26-18/h1-10,14,17,19H,11-13,25H2,(H,30,31)(H3,24,27,28,29)/b9-8+. The molecule has 4 rings (SSSR count). The van der Waals surface area contributed by atoms with Gasteiger partial charge in [-0.15, -0.1) is 0 Å². The molecule has 2 aromatic heterocycles. The molecule has 1 fully saturated rings. The summed E-state index contributed by atoms with van der Waals surface area (Å²) in [7, 11) is 0. The molecule has 0 aliphatic heterocycles. The highest BCUT2D eigenvalue weighted by Crippen LogP contribution is 2.32. The number of nitrogens with two attached hydrogens (primary N) is 2. The van der Waals surface area contributed by atoms with Crippen molar-refractivity contribution in [1.29, 1.82) is 0 Å². The van der Waals surface area contributed by atoms with E-state index in [1.165, 1.54) is 6.33 Å². The number of hydrazine groups is 1. The lowest BCUT2D eigenvalue weighted by molar-refractivity contribution is -0.127. The van der Waals surface area contributed by atoms with Crippen molar-refractivity contribution in [2.24, 2.45) is 11.8 Å². The monoisotopic (exact) mass is 415 g/mol. The number of nitrogens with one attached hydrogen (secondary N) is 2. The molecule has 0 unspecified atom stereocenters. The van der Waals surface area contributed by atoms with Crippen molar-refractivity contribution in [2.75, 3.05) is 11.1 Å². The number of hydrogen-bond acceptors (Lipinski definition) is 7. The van der Waals surface area contributed by atoms with E-state index < -0.39 is 0 Å². The number of benzene rings is 1. The largest absolute Gasteiger partial charge is 0.383 e. The van der Waals surface area contributed by atoms with E-state index in [1.807, 2.05) is 30.4 Å². The highest BCUT2D eigenvalue weighted by atomic mass is 16.2. The molecule has 3 aromatic rings. The number of nitrogen functional groups attached to an aromatic ring is 1. The molecule has 0 bridgehead atoms. The number of rotatable bonds is 7. The number of carbonyl (C=O) groups excluding carboxylic acids is 1. The molecular weight excluding hydrogens is 390 g/mol. The van der Waals surface area contributed by atoms with Gasteiger partial charge in [0.25, 0.3) is 0 Å². The summed E-state index contributed by atoms with van der Waals surface area (Å²) in [6.07, 6.45) is 9.28. The van der Waals surface area contributed by atoms with Crippen molar-refractivity contribution in [3.05, 3.63) is 77.4 Å². The summed E-state index contributed by atoms with van der Waals surface area (Å²) >= 11 is 0. The zero-order valence-electron chi connectivity index (χ0n) is 17.0. The summed E-state index contributed by atoms with van der Waals surface area (Å²) in [5.74, 6) is 6.18. The van der Waals surface area contributed by atoms with Crippen LogP contribution in [0, 0.1) is 5.92 Å². The summed E-state index contributed by atoms with van der Waals surface area (Å²) in [6.45, 7) is 0. The van der Waals surface area contributed by atoms with E-state index >= 15 is 0 Å². The van der Waals surface area contributed by atoms with Crippen molar-refractivity contribution in [2.45, 2.75) is 25.3 Å². The van der Waals surface area contributed by atoms with E-state index in [-0.39, 0.29) is 17.9 Å². The van der Waals surface area contributed by atoms with Crippen LogP contribution in [0.25, 0.3) is 12.2 Å². The Morgan fingerprint density at radius 2 is 1.87 bits per heavy atom. The molecule has 1 amide bonds. The summed E-state index contributed by atoms with van der Waals surface area (Å²) < 4.78 is 0. The SMILES string of the molecule is NNC(=O)C1CC(Nc2ncnc(N)c2Cc2ccc(/C=C/c3ccccn3)cc2)C1. The van der Waals surface area contributed by atoms with Crippen molar-refractivity contribution in [3.8, 4) is 0 Å². The van der Waals surface area contributed by atoms with Gasteiger partial charge in [0.05, 0.1) is 5.69 Å². The lowest BCUT2D eigenvalue weighted by Gasteiger charge is -2.35. The van der Waals surface area contributed by atoms with Gasteiger partial charge in [0, 0.05) is 30.1 Å². The second kappa shape index (κ2) is 9.36. The molecule has 8 nitrogen and oxygen atoms in total. The molecule has 31 heavy (non-hydrogen) atoms. The zero-order chi connectivity index (χ0) is 21.6. The summed E-state index contributed by atoms with van der Waals surface area (Å²) in [4.78, 5) is 24.4. The lowest BCUT2D eigenvalue weighted by atomic mass is 9.79. The van der Waals surface area contributed by atoms with Gasteiger partial charge in [0.2, 0.25) is 5.91 Å². The van der Waals surface area contributed by atoms with Crippen LogP contribution in [-0.2, 0) is 11.2 Å². The van der Waals surface area contributed by atoms with Gasteiger partial charge in [-0.1, -0.05) is 36.4 Å². The second-order valence-electron chi connectivity index (χ2n) is 7.61. The first kappa shape index (κ1) is 20.5. The van der Waals surface area contributed by atoms with E-state index in [9.17, 15) is 4.79 Å². The normalized spacial score (nSPS) is 17.8. The molecule has 1 aliphatic rings. The first-order valence-corrected chi connectivity index (χ1v) is 10.2. The fourth-order valence-corrected chi connectivity index (χ4v) is 3.59. The Morgan fingerprint density at radius 3 is 2.58 bits per heavy atom. The fraction of sp³-hybridized carbons (Fsp3) is 0.217. The summed E-state index contributed by atoms with van der Waals surface area (Å²) in [6, 6.07) is 14.2. The Hall–Kier alpha value is -3.78. The highest BCUT2D eigenvalue weighted by molar-refractivity contribution is 5.79. The molecule has 1 aromatic carbocycles. The predicted molar refractivity (Wildman–Crippen MR) is 121 cm³/mol. The number of nitrogens with zero attached hydrogens (tertiary/aromatic N) is 3. The van der Waals surface area contributed by atoms with Crippen molar-refractivity contribution < 1.29 is 4.79 Å². The number of hydrogen-bond donors (Lipinski definition) is 4. The quantitative estimate of drug-likeness (QED) is 0.265. The molecule has 0 saturated heterocycles. The number of carbonyl (C=O) groups is 1. The molecule has 2 heterocycles. The average Bonchev–Trinajstić information content (AvgIpc) is 2.77. The molecule has 0 spiro atoms. The van der Waals surface area contributed by atoms with E-state index in [1.54, 1.807) is 6.20 Å². The first-order chi connectivity index (χ1) is 15.1. The third-order valence-electron chi connectivity index (χ3n) is 5.47.